The van der Waals surface area contributed by atoms with Crippen LogP contribution in [0.15, 0.2) is 36.4 Å². The van der Waals surface area contributed by atoms with E-state index in [-0.39, 0.29) is 5.82 Å². The molecule has 19 heavy (non-hydrogen) atoms. The number of fused-ring (bicyclic) bond motifs is 1. The van der Waals surface area contributed by atoms with E-state index in [1.54, 1.807) is 12.1 Å². The number of halogens is 1. The molecular formula is C16H16FNO. The highest BCUT2D eigenvalue weighted by atomic mass is 19.1. The standard InChI is InChI=1S/C16H16FNO/c1-10-5-6-14(17)13(9-10)15(18)12-4-2-3-11-7-8-19-16(11)12/h2-6,9,15H,7-8,18H2,1H3. The number of benzene rings is 2. The predicted octanol–water partition coefficient (Wildman–Crippen LogP) is 3.12. The van der Waals surface area contributed by atoms with Gasteiger partial charge >= 0.3 is 0 Å². The monoisotopic (exact) mass is 257 g/mol. The van der Waals surface area contributed by atoms with Crippen LogP contribution in [0.5, 0.6) is 5.75 Å². The smallest absolute Gasteiger partial charge is 0.128 e. The third-order valence-corrected chi connectivity index (χ3v) is 3.57. The first-order chi connectivity index (χ1) is 9.16. The molecule has 0 amide bonds. The van der Waals surface area contributed by atoms with Crippen LogP contribution in [0, 0.1) is 12.7 Å². The Labute approximate surface area is 112 Å². The van der Waals surface area contributed by atoms with Crippen molar-refractivity contribution >= 4 is 0 Å². The molecule has 98 valence electrons. The van der Waals surface area contributed by atoms with E-state index in [0.29, 0.717) is 12.2 Å². The maximum Gasteiger partial charge on any atom is 0.128 e. The highest BCUT2D eigenvalue weighted by molar-refractivity contribution is 5.49. The summed E-state index contributed by atoms with van der Waals surface area (Å²) in [6.07, 6.45) is 0.895. The second-order valence-corrected chi connectivity index (χ2v) is 4.94. The van der Waals surface area contributed by atoms with Crippen molar-refractivity contribution in [1.29, 1.82) is 0 Å². The van der Waals surface area contributed by atoms with Gasteiger partial charge in [0, 0.05) is 17.5 Å². The first kappa shape index (κ1) is 12.2. The van der Waals surface area contributed by atoms with Gasteiger partial charge in [-0.2, -0.15) is 0 Å². The van der Waals surface area contributed by atoms with Crippen molar-refractivity contribution in [2.45, 2.75) is 19.4 Å². The van der Waals surface area contributed by atoms with Crippen molar-refractivity contribution in [3.8, 4) is 5.75 Å². The summed E-state index contributed by atoms with van der Waals surface area (Å²) >= 11 is 0. The molecule has 0 fully saturated rings. The number of para-hydroxylation sites is 1. The number of hydrogen-bond donors (Lipinski definition) is 1. The van der Waals surface area contributed by atoms with Crippen molar-refractivity contribution in [3.63, 3.8) is 0 Å². The van der Waals surface area contributed by atoms with E-state index in [1.165, 1.54) is 6.07 Å². The Morgan fingerprint density at radius 3 is 2.89 bits per heavy atom. The van der Waals surface area contributed by atoms with Crippen LogP contribution >= 0.6 is 0 Å². The van der Waals surface area contributed by atoms with Crippen molar-refractivity contribution < 1.29 is 9.13 Å². The highest BCUT2D eigenvalue weighted by Crippen LogP contribution is 2.35. The predicted molar refractivity (Wildman–Crippen MR) is 72.8 cm³/mol. The lowest BCUT2D eigenvalue weighted by Gasteiger charge is -2.17. The summed E-state index contributed by atoms with van der Waals surface area (Å²) in [7, 11) is 0. The number of rotatable bonds is 2. The lowest BCUT2D eigenvalue weighted by Crippen LogP contribution is -2.15. The van der Waals surface area contributed by atoms with Crippen molar-refractivity contribution in [3.05, 3.63) is 64.5 Å². The van der Waals surface area contributed by atoms with E-state index >= 15 is 0 Å². The van der Waals surface area contributed by atoms with Gasteiger partial charge in [0.1, 0.15) is 11.6 Å². The van der Waals surface area contributed by atoms with E-state index in [9.17, 15) is 4.39 Å². The SMILES string of the molecule is Cc1ccc(F)c(C(N)c2cccc3c2OCC3)c1. The van der Waals surface area contributed by atoms with Crippen LogP contribution in [0.25, 0.3) is 0 Å². The Morgan fingerprint density at radius 2 is 2.05 bits per heavy atom. The van der Waals surface area contributed by atoms with E-state index < -0.39 is 6.04 Å². The minimum absolute atomic E-state index is 0.270. The molecule has 2 aromatic rings. The lowest BCUT2D eigenvalue weighted by molar-refractivity contribution is 0.352. The highest BCUT2D eigenvalue weighted by Gasteiger charge is 2.22. The molecule has 0 aliphatic carbocycles. The fraction of sp³-hybridized carbons (Fsp3) is 0.250. The van der Waals surface area contributed by atoms with Crippen LogP contribution < -0.4 is 10.5 Å². The van der Waals surface area contributed by atoms with E-state index in [4.69, 9.17) is 10.5 Å². The van der Waals surface area contributed by atoms with E-state index in [2.05, 4.69) is 0 Å². The topological polar surface area (TPSA) is 35.2 Å². The average molecular weight is 257 g/mol. The van der Waals surface area contributed by atoms with Crippen LogP contribution in [-0.2, 0) is 6.42 Å². The normalized spacial score (nSPS) is 14.9. The van der Waals surface area contributed by atoms with Gasteiger partial charge in [-0.15, -0.1) is 0 Å². The molecule has 2 nitrogen and oxygen atoms in total. The van der Waals surface area contributed by atoms with Crippen molar-refractivity contribution in [2.75, 3.05) is 6.61 Å². The minimum Gasteiger partial charge on any atom is -0.493 e. The molecule has 0 saturated heterocycles. The van der Waals surface area contributed by atoms with Gasteiger partial charge in [0.15, 0.2) is 0 Å². The summed E-state index contributed by atoms with van der Waals surface area (Å²) in [5.41, 5.74) is 9.77. The molecule has 0 aromatic heterocycles. The fourth-order valence-corrected chi connectivity index (χ4v) is 2.55. The van der Waals surface area contributed by atoms with Gasteiger partial charge in [0.05, 0.1) is 12.6 Å². The van der Waals surface area contributed by atoms with Crippen LogP contribution in [0.3, 0.4) is 0 Å². The van der Waals surface area contributed by atoms with Gasteiger partial charge < -0.3 is 10.5 Å². The van der Waals surface area contributed by atoms with Crippen LogP contribution in [-0.4, -0.2) is 6.61 Å². The lowest BCUT2D eigenvalue weighted by atomic mass is 9.95. The van der Waals surface area contributed by atoms with Crippen LogP contribution in [0.2, 0.25) is 0 Å². The molecule has 3 rings (SSSR count). The van der Waals surface area contributed by atoms with Gasteiger partial charge in [-0.3, -0.25) is 0 Å². The van der Waals surface area contributed by atoms with Gasteiger partial charge in [0.25, 0.3) is 0 Å². The summed E-state index contributed by atoms with van der Waals surface area (Å²) in [6.45, 7) is 2.61. The van der Waals surface area contributed by atoms with Gasteiger partial charge in [-0.05, 0) is 18.6 Å². The Balaban J connectivity index is 2.07. The molecule has 1 aliphatic heterocycles. The van der Waals surface area contributed by atoms with Crippen LogP contribution in [0.1, 0.15) is 28.3 Å². The molecule has 2 aromatic carbocycles. The maximum atomic E-state index is 13.9. The molecule has 1 unspecified atom stereocenters. The zero-order valence-electron chi connectivity index (χ0n) is 10.8. The largest absolute Gasteiger partial charge is 0.493 e. The van der Waals surface area contributed by atoms with Crippen LogP contribution in [0.4, 0.5) is 4.39 Å². The molecule has 1 atom stereocenters. The third kappa shape index (κ3) is 2.10. The quantitative estimate of drug-likeness (QED) is 0.897. The Morgan fingerprint density at radius 1 is 1.21 bits per heavy atom. The number of nitrogens with two attached hydrogens (primary N) is 1. The zero-order valence-corrected chi connectivity index (χ0v) is 10.8. The first-order valence-corrected chi connectivity index (χ1v) is 6.43. The molecule has 0 radical (unpaired) electrons. The summed E-state index contributed by atoms with van der Waals surface area (Å²) in [4.78, 5) is 0. The van der Waals surface area contributed by atoms with Crippen molar-refractivity contribution in [2.24, 2.45) is 5.73 Å². The Bertz CT molecular complexity index is 624. The second kappa shape index (κ2) is 4.67. The minimum atomic E-state index is -0.493. The van der Waals surface area contributed by atoms with Gasteiger partial charge in [0.2, 0.25) is 0 Å². The summed E-state index contributed by atoms with van der Waals surface area (Å²) in [5, 5.41) is 0. The third-order valence-electron chi connectivity index (χ3n) is 3.57. The average Bonchev–Trinajstić information content (AvgIpc) is 2.89. The molecule has 3 heteroatoms. The van der Waals surface area contributed by atoms with Gasteiger partial charge in [-0.1, -0.05) is 35.9 Å². The molecular weight excluding hydrogens is 241 g/mol. The maximum absolute atomic E-state index is 13.9. The molecule has 1 aliphatic rings. The fourth-order valence-electron chi connectivity index (χ4n) is 2.55. The number of aryl methyl sites for hydroxylation is 1. The molecule has 0 bridgehead atoms. The summed E-state index contributed by atoms with van der Waals surface area (Å²) in [6, 6.07) is 10.4. The summed E-state index contributed by atoms with van der Waals surface area (Å²) < 4.78 is 19.6. The Kier molecular flexibility index (Phi) is 2.99. The molecule has 1 heterocycles. The first-order valence-electron chi connectivity index (χ1n) is 6.43. The molecule has 2 N–H and O–H groups in total. The van der Waals surface area contributed by atoms with E-state index in [1.807, 2.05) is 25.1 Å². The van der Waals surface area contributed by atoms with Crippen molar-refractivity contribution in [1.82, 2.24) is 0 Å². The molecule has 0 spiro atoms. The molecule has 0 saturated carbocycles. The van der Waals surface area contributed by atoms with E-state index in [0.717, 1.165) is 28.9 Å². The summed E-state index contributed by atoms with van der Waals surface area (Å²) in [5.74, 6) is 0.560. The Hall–Kier alpha value is -1.87. The van der Waals surface area contributed by atoms with Gasteiger partial charge in [-0.25, -0.2) is 4.39 Å². The second-order valence-electron chi connectivity index (χ2n) is 4.94. The zero-order chi connectivity index (χ0) is 13.4. The number of ether oxygens (including phenoxy) is 1. The number of hydrogen-bond acceptors (Lipinski definition) is 2.